The molecule has 0 fully saturated rings. The van der Waals surface area contributed by atoms with Gasteiger partial charge in [-0.1, -0.05) is 0 Å². The molecule has 0 saturated carbocycles. The van der Waals surface area contributed by atoms with Crippen molar-refractivity contribution in [2.45, 2.75) is 6.04 Å². The second-order valence-electron chi connectivity index (χ2n) is 1.85. The van der Waals surface area contributed by atoms with E-state index in [-0.39, 0.29) is 12.6 Å². The van der Waals surface area contributed by atoms with Gasteiger partial charge in [0.15, 0.2) is 0 Å². The molecule has 0 radical (unpaired) electrons. The number of hydrogen-bond donors (Lipinski definition) is 1. The summed E-state index contributed by atoms with van der Waals surface area (Å²) in [5, 5.41) is 8.42. The topological polar surface area (TPSA) is 40.5 Å². The smallest absolute Gasteiger partial charge is 0.139 e. The minimum Gasteiger partial charge on any atom is -0.394 e. The van der Waals surface area contributed by atoms with Crippen LogP contribution in [0.3, 0.4) is 0 Å². The fourth-order valence-corrected chi connectivity index (χ4v) is 0.328. The summed E-state index contributed by atoms with van der Waals surface area (Å²) in [5.41, 5.74) is 0. The third-order valence-corrected chi connectivity index (χ3v) is 1.01. The van der Waals surface area contributed by atoms with Gasteiger partial charge in [-0.15, -0.1) is 0 Å². The fourth-order valence-electron chi connectivity index (χ4n) is 0.328. The predicted octanol–water partition coefficient (Wildman–Crippen LogP) is -0.892. The second-order valence-corrected chi connectivity index (χ2v) is 1.85. The van der Waals surface area contributed by atoms with Crippen LogP contribution in [0.4, 0.5) is 0 Å². The molecule has 0 rings (SSSR count). The summed E-state index contributed by atoms with van der Waals surface area (Å²) in [5.74, 6) is 0. The lowest BCUT2D eigenvalue weighted by molar-refractivity contribution is -0.112. The predicted molar refractivity (Wildman–Crippen MR) is 30.6 cm³/mol. The maximum Gasteiger partial charge on any atom is 0.139 e. The van der Waals surface area contributed by atoms with Crippen LogP contribution in [0, 0.1) is 0 Å². The monoisotopic (exact) mass is 117 g/mol. The fraction of sp³-hybridized carbons (Fsp3) is 0.800. The molecule has 3 heteroatoms. The summed E-state index contributed by atoms with van der Waals surface area (Å²) in [7, 11) is 3.49. The molecule has 0 aromatic rings. The minimum absolute atomic E-state index is 0.101. The van der Waals surface area contributed by atoms with Crippen molar-refractivity contribution in [2.24, 2.45) is 0 Å². The van der Waals surface area contributed by atoms with Crippen molar-refractivity contribution in [3.63, 3.8) is 0 Å². The molecule has 0 saturated heterocycles. The zero-order valence-corrected chi connectivity index (χ0v) is 5.16. The number of nitrogens with zero attached hydrogens (tertiary/aromatic N) is 1. The zero-order chi connectivity index (χ0) is 6.57. The Morgan fingerprint density at radius 2 is 2.25 bits per heavy atom. The van der Waals surface area contributed by atoms with Gasteiger partial charge >= 0.3 is 0 Å². The molecule has 48 valence electrons. The molecule has 0 bridgehead atoms. The summed E-state index contributed by atoms with van der Waals surface area (Å²) in [6, 6.07) is -0.338. The highest BCUT2D eigenvalue weighted by molar-refractivity contribution is 5.57. The van der Waals surface area contributed by atoms with Gasteiger partial charge in [0, 0.05) is 0 Å². The Bertz CT molecular complexity index is 72.8. The van der Waals surface area contributed by atoms with E-state index in [9.17, 15) is 4.79 Å². The average Bonchev–Trinajstić information content (AvgIpc) is 1.69. The highest BCUT2D eigenvalue weighted by Crippen LogP contribution is 1.83. The lowest BCUT2D eigenvalue weighted by Crippen LogP contribution is -2.32. The van der Waals surface area contributed by atoms with Crippen LogP contribution in [0.2, 0.25) is 0 Å². The number of carbonyl (C=O) groups is 1. The van der Waals surface area contributed by atoms with Crippen LogP contribution in [-0.2, 0) is 4.79 Å². The lowest BCUT2D eigenvalue weighted by atomic mass is 10.3. The molecule has 1 atom stereocenters. The molecule has 0 aromatic carbocycles. The third-order valence-electron chi connectivity index (χ3n) is 1.01. The first kappa shape index (κ1) is 7.59. The van der Waals surface area contributed by atoms with Gasteiger partial charge in [-0.25, -0.2) is 0 Å². The van der Waals surface area contributed by atoms with Gasteiger partial charge in [0.05, 0.1) is 12.6 Å². The first-order chi connectivity index (χ1) is 3.72. The first-order valence-corrected chi connectivity index (χ1v) is 2.45. The van der Waals surface area contributed by atoms with E-state index in [4.69, 9.17) is 5.11 Å². The van der Waals surface area contributed by atoms with E-state index >= 15 is 0 Å². The second kappa shape index (κ2) is 3.57. The molecular formula is C5H11NO2. The Morgan fingerprint density at radius 1 is 1.75 bits per heavy atom. The van der Waals surface area contributed by atoms with Gasteiger partial charge in [-0.05, 0) is 14.1 Å². The van der Waals surface area contributed by atoms with Gasteiger partial charge < -0.3 is 9.90 Å². The summed E-state index contributed by atoms with van der Waals surface area (Å²) < 4.78 is 0. The van der Waals surface area contributed by atoms with Gasteiger partial charge in [0.2, 0.25) is 0 Å². The summed E-state index contributed by atoms with van der Waals surface area (Å²) in [4.78, 5) is 11.6. The summed E-state index contributed by atoms with van der Waals surface area (Å²) in [6.45, 7) is -0.101. The van der Waals surface area contributed by atoms with Crippen LogP contribution in [0.25, 0.3) is 0 Å². The Labute approximate surface area is 48.9 Å². The van der Waals surface area contributed by atoms with Crippen LogP contribution in [-0.4, -0.2) is 43.0 Å². The molecule has 1 N–H and O–H groups in total. The molecule has 0 heterocycles. The molecule has 0 unspecified atom stereocenters. The van der Waals surface area contributed by atoms with Crippen LogP contribution in [0.5, 0.6) is 0 Å². The number of hydrogen-bond acceptors (Lipinski definition) is 3. The van der Waals surface area contributed by atoms with Crippen molar-refractivity contribution in [3.8, 4) is 0 Å². The third kappa shape index (κ3) is 2.04. The molecule has 0 spiro atoms. The number of carbonyl (C=O) groups excluding carboxylic acids is 1. The van der Waals surface area contributed by atoms with E-state index in [0.29, 0.717) is 0 Å². The van der Waals surface area contributed by atoms with E-state index in [0.717, 1.165) is 6.29 Å². The van der Waals surface area contributed by atoms with Crippen LogP contribution in [0.1, 0.15) is 0 Å². The van der Waals surface area contributed by atoms with Crippen molar-refractivity contribution in [3.05, 3.63) is 0 Å². The average molecular weight is 117 g/mol. The maximum atomic E-state index is 9.98. The van der Waals surface area contributed by atoms with E-state index in [1.807, 2.05) is 0 Å². The Balaban J connectivity index is 3.51. The minimum atomic E-state index is -0.338. The molecule has 0 aliphatic rings. The maximum absolute atomic E-state index is 9.98. The highest BCUT2D eigenvalue weighted by atomic mass is 16.3. The lowest BCUT2D eigenvalue weighted by Gasteiger charge is -2.14. The Morgan fingerprint density at radius 3 is 2.25 bits per heavy atom. The summed E-state index contributed by atoms with van der Waals surface area (Å²) >= 11 is 0. The normalized spacial score (nSPS) is 14.0. The Hall–Kier alpha value is -0.410. The largest absolute Gasteiger partial charge is 0.394 e. The highest BCUT2D eigenvalue weighted by Gasteiger charge is 2.05. The van der Waals surface area contributed by atoms with Crippen LogP contribution >= 0.6 is 0 Å². The molecule has 0 aliphatic carbocycles. The number of aliphatic hydroxyl groups excluding tert-OH is 1. The quantitative estimate of drug-likeness (QED) is 0.487. The van der Waals surface area contributed by atoms with Crippen molar-refractivity contribution in [2.75, 3.05) is 20.7 Å². The Kier molecular flexibility index (Phi) is 3.39. The van der Waals surface area contributed by atoms with Gasteiger partial charge in [0.25, 0.3) is 0 Å². The van der Waals surface area contributed by atoms with Crippen molar-refractivity contribution >= 4 is 6.29 Å². The van der Waals surface area contributed by atoms with E-state index in [1.54, 1.807) is 19.0 Å². The molecule has 8 heavy (non-hydrogen) atoms. The summed E-state index contributed by atoms with van der Waals surface area (Å²) in [6.07, 6.45) is 0.722. The van der Waals surface area contributed by atoms with Gasteiger partial charge in [-0.2, -0.15) is 0 Å². The molecule has 3 nitrogen and oxygen atoms in total. The molecule has 0 aliphatic heterocycles. The zero-order valence-electron chi connectivity index (χ0n) is 5.16. The SMILES string of the molecule is CN(C)[C@H](C=O)CO. The number of likely N-dealkylation sites (N-methyl/N-ethyl adjacent to an activating group) is 1. The van der Waals surface area contributed by atoms with Crippen molar-refractivity contribution in [1.29, 1.82) is 0 Å². The number of aliphatic hydroxyl groups is 1. The molecular weight excluding hydrogens is 106 g/mol. The van der Waals surface area contributed by atoms with E-state index < -0.39 is 0 Å². The first-order valence-electron chi connectivity index (χ1n) is 2.45. The van der Waals surface area contributed by atoms with Gasteiger partial charge in [-0.3, -0.25) is 4.90 Å². The number of rotatable bonds is 3. The van der Waals surface area contributed by atoms with E-state index in [1.165, 1.54) is 0 Å². The molecule has 0 aromatic heterocycles. The van der Waals surface area contributed by atoms with Crippen LogP contribution in [0.15, 0.2) is 0 Å². The van der Waals surface area contributed by atoms with Crippen molar-refractivity contribution < 1.29 is 9.90 Å². The van der Waals surface area contributed by atoms with Crippen LogP contribution < -0.4 is 0 Å². The van der Waals surface area contributed by atoms with Crippen molar-refractivity contribution in [1.82, 2.24) is 4.90 Å². The number of aldehydes is 1. The standard InChI is InChI=1S/C5H11NO2/c1-6(2)5(3-7)4-8/h3,5,8H,4H2,1-2H3/t5-/m1/s1. The van der Waals surface area contributed by atoms with Gasteiger partial charge in [0.1, 0.15) is 6.29 Å². The molecule has 0 amide bonds. The van der Waals surface area contributed by atoms with E-state index in [2.05, 4.69) is 0 Å².